The molecule has 2 rings (SSSR count). The first kappa shape index (κ1) is 15.9. The van der Waals surface area contributed by atoms with Crippen LogP contribution < -0.4 is 11.1 Å². The van der Waals surface area contributed by atoms with Crippen LogP contribution in [-0.4, -0.2) is 60.1 Å². The summed E-state index contributed by atoms with van der Waals surface area (Å²) in [6, 6.07) is 1.58. The van der Waals surface area contributed by atoms with E-state index in [0.29, 0.717) is 23.7 Å². The first-order valence-electron chi connectivity index (χ1n) is 7.18. The Bertz CT molecular complexity index is 478. The zero-order chi connectivity index (χ0) is 15.1. The summed E-state index contributed by atoms with van der Waals surface area (Å²) < 4.78 is 4.98. The zero-order valence-electron chi connectivity index (χ0n) is 12.3. The number of nitrogens with zero attached hydrogens (tertiary/aromatic N) is 2. The molecule has 0 aliphatic carbocycles. The van der Waals surface area contributed by atoms with Gasteiger partial charge in [-0.25, -0.2) is 9.78 Å². The van der Waals surface area contributed by atoms with Gasteiger partial charge >= 0.3 is 5.97 Å². The summed E-state index contributed by atoms with van der Waals surface area (Å²) in [5.74, 6) is 2.53. The molecule has 1 saturated heterocycles. The second kappa shape index (κ2) is 8.09. The minimum absolute atomic E-state index is 0.330. The molecule has 0 radical (unpaired) electrons. The van der Waals surface area contributed by atoms with E-state index in [0.717, 1.165) is 26.2 Å². The second-order valence-corrected chi connectivity index (χ2v) is 5.95. The number of rotatable bonds is 6. The Morgan fingerprint density at radius 3 is 3.00 bits per heavy atom. The molecular weight excluding hydrogens is 288 g/mol. The Kier molecular flexibility index (Phi) is 6.13. The van der Waals surface area contributed by atoms with E-state index in [9.17, 15) is 4.79 Å². The van der Waals surface area contributed by atoms with Gasteiger partial charge in [0.25, 0.3) is 0 Å². The number of thioether (sulfide) groups is 1. The van der Waals surface area contributed by atoms with Crippen molar-refractivity contribution >= 4 is 29.2 Å². The number of nitrogens with one attached hydrogen (secondary N) is 1. The number of carbonyl (C=O) groups is 1. The molecule has 0 atom stereocenters. The van der Waals surface area contributed by atoms with Crippen LogP contribution in [0.3, 0.4) is 0 Å². The van der Waals surface area contributed by atoms with Crippen LogP contribution in [0, 0.1) is 0 Å². The van der Waals surface area contributed by atoms with Gasteiger partial charge in [-0.05, 0) is 13.0 Å². The van der Waals surface area contributed by atoms with Gasteiger partial charge in [-0.3, -0.25) is 4.90 Å². The van der Waals surface area contributed by atoms with Crippen LogP contribution in [0.15, 0.2) is 12.3 Å². The highest BCUT2D eigenvalue weighted by atomic mass is 32.2. The summed E-state index contributed by atoms with van der Waals surface area (Å²) in [6.45, 7) is 6.05. The molecule has 1 fully saturated rings. The Labute approximate surface area is 129 Å². The third kappa shape index (κ3) is 4.50. The molecule has 21 heavy (non-hydrogen) atoms. The van der Waals surface area contributed by atoms with Gasteiger partial charge in [0.15, 0.2) is 0 Å². The van der Waals surface area contributed by atoms with Gasteiger partial charge in [0.1, 0.15) is 5.82 Å². The molecule has 0 saturated carbocycles. The number of esters is 1. The van der Waals surface area contributed by atoms with E-state index < -0.39 is 5.97 Å². The number of anilines is 2. The average molecular weight is 310 g/mol. The van der Waals surface area contributed by atoms with Gasteiger partial charge in [0.05, 0.1) is 17.9 Å². The summed E-state index contributed by atoms with van der Waals surface area (Å²) in [4.78, 5) is 18.4. The van der Waals surface area contributed by atoms with Crippen LogP contribution in [0.2, 0.25) is 0 Å². The average Bonchev–Trinajstić information content (AvgIpc) is 2.50. The number of aromatic nitrogens is 1. The third-order valence-corrected chi connectivity index (χ3v) is 4.25. The lowest BCUT2D eigenvalue weighted by molar-refractivity contribution is 0.0527. The molecule has 1 aliphatic heterocycles. The van der Waals surface area contributed by atoms with E-state index in [1.807, 2.05) is 11.8 Å². The van der Waals surface area contributed by atoms with Crippen molar-refractivity contribution in [1.82, 2.24) is 9.88 Å². The van der Waals surface area contributed by atoms with Crippen LogP contribution in [0.5, 0.6) is 0 Å². The molecule has 1 aliphatic rings. The Balaban J connectivity index is 1.90. The van der Waals surface area contributed by atoms with Crippen molar-refractivity contribution in [2.24, 2.45) is 0 Å². The lowest BCUT2D eigenvalue weighted by Gasteiger charge is -2.26. The van der Waals surface area contributed by atoms with Gasteiger partial charge in [-0.15, -0.1) is 0 Å². The maximum Gasteiger partial charge on any atom is 0.340 e. The van der Waals surface area contributed by atoms with Crippen molar-refractivity contribution < 1.29 is 9.53 Å². The SMILES string of the molecule is CCOC(=O)c1ccnc(NCCN2CCSCC2)c1N. The van der Waals surface area contributed by atoms with E-state index in [1.165, 1.54) is 11.5 Å². The first-order valence-corrected chi connectivity index (χ1v) is 8.33. The monoisotopic (exact) mass is 310 g/mol. The standard InChI is InChI=1S/C14H22N4O2S/c1-2-20-14(19)11-3-4-16-13(12(11)15)17-5-6-18-7-9-21-10-8-18/h3-4H,2,5-10,15H2,1H3,(H,16,17). The topological polar surface area (TPSA) is 80.5 Å². The number of ether oxygens (including phenoxy) is 1. The normalized spacial score (nSPS) is 15.7. The number of nitrogens with two attached hydrogens (primary N) is 1. The largest absolute Gasteiger partial charge is 0.462 e. The van der Waals surface area contributed by atoms with Crippen molar-refractivity contribution in [2.45, 2.75) is 6.92 Å². The highest BCUT2D eigenvalue weighted by Crippen LogP contribution is 2.20. The molecule has 2 heterocycles. The number of hydrogen-bond acceptors (Lipinski definition) is 7. The van der Waals surface area contributed by atoms with Gasteiger partial charge < -0.3 is 15.8 Å². The van der Waals surface area contributed by atoms with Crippen LogP contribution in [0.1, 0.15) is 17.3 Å². The molecule has 0 aromatic carbocycles. The highest BCUT2D eigenvalue weighted by Gasteiger charge is 2.15. The fraction of sp³-hybridized carbons (Fsp3) is 0.571. The maximum atomic E-state index is 11.8. The molecule has 1 aromatic rings. The third-order valence-electron chi connectivity index (χ3n) is 3.31. The molecule has 7 heteroatoms. The Morgan fingerprint density at radius 2 is 2.29 bits per heavy atom. The second-order valence-electron chi connectivity index (χ2n) is 4.72. The fourth-order valence-corrected chi connectivity index (χ4v) is 3.14. The van der Waals surface area contributed by atoms with E-state index >= 15 is 0 Å². The van der Waals surface area contributed by atoms with Crippen LogP contribution >= 0.6 is 11.8 Å². The van der Waals surface area contributed by atoms with Crippen molar-refractivity contribution in [3.05, 3.63) is 17.8 Å². The van der Waals surface area contributed by atoms with Crippen LogP contribution in [0.25, 0.3) is 0 Å². The van der Waals surface area contributed by atoms with Gasteiger partial charge in [-0.2, -0.15) is 11.8 Å². The predicted octanol–water partition coefficient (Wildman–Crippen LogP) is 1.30. The Hall–Kier alpha value is -1.47. The minimum Gasteiger partial charge on any atom is -0.462 e. The molecule has 0 spiro atoms. The summed E-state index contributed by atoms with van der Waals surface area (Å²) in [5.41, 5.74) is 6.71. The fourth-order valence-electron chi connectivity index (χ4n) is 2.16. The van der Waals surface area contributed by atoms with Crippen LogP contribution in [0.4, 0.5) is 11.5 Å². The van der Waals surface area contributed by atoms with Crippen molar-refractivity contribution in [3.8, 4) is 0 Å². The summed E-state index contributed by atoms with van der Waals surface area (Å²) in [6.07, 6.45) is 1.57. The molecule has 6 nitrogen and oxygen atoms in total. The number of hydrogen-bond donors (Lipinski definition) is 2. The lowest BCUT2D eigenvalue weighted by Crippen LogP contribution is -2.36. The zero-order valence-corrected chi connectivity index (χ0v) is 13.1. The molecular formula is C14H22N4O2S. The van der Waals surface area contributed by atoms with Crippen molar-refractivity contribution in [2.75, 3.05) is 55.3 Å². The summed E-state index contributed by atoms with van der Waals surface area (Å²) in [7, 11) is 0. The van der Waals surface area contributed by atoms with E-state index in [1.54, 1.807) is 19.2 Å². The summed E-state index contributed by atoms with van der Waals surface area (Å²) in [5, 5.41) is 3.21. The molecule has 0 amide bonds. The van der Waals surface area contributed by atoms with Crippen molar-refractivity contribution in [1.29, 1.82) is 0 Å². The highest BCUT2D eigenvalue weighted by molar-refractivity contribution is 7.99. The predicted molar refractivity (Wildman–Crippen MR) is 86.9 cm³/mol. The van der Waals surface area contributed by atoms with Crippen LogP contribution in [-0.2, 0) is 4.74 Å². The van der Waals surface area contributed by atoms with Gasteiger partial charge in [-0.1, -0.05) is 0 Å². The lowest BCUT2D eigenvalue weighted by atomic mass is 10.2. The minimum atomic E-state index is -0.409. The number of nitrogen functional groups attached to an aromatic ring is 1. The number of pyridine rings is 1. The van der Waals surface area contributed by atoms with E-state index in [4.69, 9.17) is 10.5 Å². The summed E-state index contributed by atoms with van der Waals surface area (Å²) >= 11 is 1.99. The molecule has 0 unspecified atom stereocenters. The number of carbonyl (C=O) groups excluding carboxylic acids is 1. The maximum absolute atomic E-state index is 11.8. The first-order chi connectivity index (χ1) is 10.2. The molecule has 116 valence electrons. The van der Waals surface area contributed by atoms with Gasteiger partial charge in [0, 0.05) is 43.9 Å². The van der Waals surface area contributed by atoms with Gasteiger partial charge in [0.2, 0.25) is 0 Å². The smallest absolute Gasteiger partial charge is 0.340 e. The quantitative estimate of drug-likeness (QED) is 0.767. The molecule has 3 N–H and O–H groups in total. The van der Waals surface area contributed by atoms with E-state index in [2.05, 4.69) is 15.2 Å². The van der Waals surface area contributed by atoms with E-state index in [-0.39, 0.29) is 0 Å². The van der Waals surface area contributed by atoms with Crippen molar-refractivity contribution in [3.63, 3.8) is 0 Å². The molecule has 1 aromatic heterocycles. The molecule has 0 bridgehead atoms. The Morgan fingerprint density at radius 1 is 1.52 bits per heavy atom.